The van der Waals surface area contributed by atoms with Gasteiger partial charge in [-0.05, 0) is 17.5 Å². The Hall–Kier alpha value is -1.80. The molecule has 7 heteroatoms. The molecule has 2 aliphatic heterocycles. The summed E-state index contributed by atoms with van der Waals surface area (Å²) < 4.78 is 6.16. The van der Waals surface area contributed by atoms with Crippen LogP contribution in [-0.2, 0) is 29.1 Å². The molecular weight excluding hydrogens is 362 g/mol. The van der Waals surface area contributed by atoms with Crippen molar-refractivity contribution in [3.8, 4) is 0 Å². The summed E-state index contributed by atoms with van der Waals surface area (Å²) in [5.74, 6) is 0.143. The van der Waals surface area contributed by atoms with Crippen molar-refractivity contribution in [3.63, 3.8) is 0 Å². The first-order chi connectivity index (χ1) is 13.2. The fourth-order valence-corrected chi connectivity index (χ4v) is 4.59. The second-order valence-electron chi connectivity index (χ2n) is 7.38. The van der Waals surface area contributed by atoms with Gasteiger partial charge in [0.05, 0.1) is 32.7 Å². The number of carbonyl (C=O) groups is 1. The minimum absolute atomic E-state index is 0.0255. The van der Waals surface area contributed by atoms with Crippen LogP contribution in [-0.4, -0.2) is 64.2 Å². The predicted octanol–water partition coefficient (Wildman–Crippen LogP) is 1.68. The monoisotopic (exact) mass is 387 g/mol. The first-order valence-corrected chi connectivity index (χ1v) is 10.2. The molecule has 2 aromatic rings. The van der Waals surface area contributed by atoms with E-state index in [4.69, 9.17) is 9.84 Å². The van der Waals surface area contributed by atoms with E-state index in [9.17, 15) is 4.79 Å². The lowest BCUT2D eigenvalue weighted by Crippen LogP contribution is -2.53. The number of amides is 1. The molecule has 2 fully saturated rings. The molecule has 2 aliphatic rings. The molecule has 1 N–H and O–H groups in total. The molecule has 0 radical (unpaired) electrons. The van der Waals surface area contributed by atoms with E-state index >= 15 is 0 Å². The highest BCUT2D eigenvalue weighted by Gasteiger charge is 2.44. The van der Waals surface area contributed by atoms with Crippen molar-refractivity contribution in [2.45, 2.75) is 31.6 Å². The molecule has 0 bridgehead atoms. The Morgan fingerprint density at radius 2 is 2.04 bits per heavy atom. The van der Waals surface area contributed by atoms with Crippen molar-refractivity contribution in [1.82, 2.24) is 14.8 Å². The second kappa shape index (κ2) is 8.06. The number of hydrogen-bond acceptors (Lipinski definition) is 6. The third-order valence-electron chi connectivity index (χ3n) is 5.40. The maximum Gasteiger partial charge on any atom is 0.227 e. The molecular formula is C20H25N3O3S. The molecule has 27 heavy (non-hydrogen) atoms. The number of benzene rings is 1. The Morgan fingerprint density at radius 3 is 2.78 bits per heavy atom. The quantitative estimate of drug-likeness (QED) is 0.846. The van der Waals surface area contributed by atoms with Crippen LogP contribution < -0.4 is 0 Å². The summed E-state index contributed by atoms with van der Waals surface area (Å²) in [7, 11) is 0. The number of carbonyl (C=O) groups excluding carboxylic acids is 1. The van der Waals surface area contributed by atoms with Gasteiger partial charge in [0.1, 0.15) is 10.6 Å². The lowest BCUT2D eigenvalue weighted by atomic mass is 10.0. The highest BCUT2D eigenvalue weighted by atomic mass is 32.1. The van der Waals surface area contributed by atoms with Gasteiger partial charge in [-0.15, -0.1) is 11.3 Å². The topological polar surface area (TPSA) is 65.9 Å². The van der Waals surface area contributed by atoms with Gasteiger partial charge in [-0.3, -0.25) is 9.69 Å². The normalized spacial score (nSPS) is 23.2. The van der Waals surface area contributed by atoms with Gasteiger partial charge in [0.15, 0.2) is 0 Å². The van der Waals surface area contributed by atoms with Crippen LogP contribution in [0.3, 0.4) is 0 Å². The fraction of sp³-hybridized carbons (Fsp3) is 0.500. The van der Waals surface area contributed by atoms with Gasteiger partial charge < -0.3 is 14.7 Å². The number of thiazole rings is 1. The largest absolute Gasteiger partial charge is 0.392 e. The number of aliphatic hydroxyl groups is 1. The molecule has 3 heterocycles. The number of aromatic nitrogens is 1. The van der Waals surface area contributed by atoms with Crippen LogP contribution in [0.5, 0.6) is 0 Å². The van der Waals surface area contributed by atoms with Crippen molar-refractivity contribution >= 4 is 17.2 Å². The summed E-state index contributed by atoms with van der Waals surface area (Å²) in [6.07, 6.45) is 3.13. The number of aliphatic hydroxyl groups excluding tert-OH is 1. The lowest BCUT2D eigenvalue weighted by Gasteiger charge is -2.40. The molecule has 0 aliphatic carbocycles. The third kappa shape index (κ3) is 4.38. The minimum Gasteiger partial charge on any atom is -0.392 e. The number of nitrogens with zero attached hydrogens (tertiary/aromatic N) is 3. The standard InChI is InChI=1S/C20H25N3O3S/c24-13-17-3-1-16(2-4-17)11-19(25)23-7-5-20(15-23)14-22(8-9-26-20)12-18-21-6-10-27-18/h1-4,6,10,24H,5,7-9,11-15H2. The number of hydrogen-bond donors (Lipinski definition) is 1. The van der Waals surface area contributed by atoms with Crippen LogP contribution in [0.15, 0.2) is 35.8 Å². The fourth-order valence-electron chi connectivity index (χ4n) is 3.93. The van der Waals surface area contributed by atoms with E-state index in [1.54, 1.807) is 11.3 Å². The van der Waals surface area contributed by atoms with Gasteiger partial charge in [0.2, 0.25) is 5.91 Å². The lowest BCUT2D eigenvalue weighted by molar-refractivity contribution is -0.134. The van der Waals surface area contributed by atoms with Crippen molar-refractivity contribution in [3.05, 3.63) is 52.0 Å². The SMILES string of the molecule is O=C(Cc1ccc(CO)cc1)N1CCC2(CN(Cc3nccs3)CCO2)C1. The number of ether oxygens (including phenoxy) is 1. The Balaban J connectivity index is 1.34. The molecule has 0 saturated carbocycles. The summed E-state index contributed by atoms with van der Waals surface area (Å²) >= 11 is 1.68. The average molecular weight is 388 g/mol. The average Bonchev–Trinajstić information content (AvgIpc) is 3.33. The van der Waals surface area contributed by atoms with E-state index in [1.807, 2.05) is 40.7 Å². The van der Waals surface area contributed by atoms with E-state index in [0.29, 0.717) is 19.6 Å². The van der Waals surface area contributed by atoms with E-state index < -0.39 is 0 Å². The molecule has 1 spiro atoms. The molecule has 144 valence electrons. The van der Waals surface area contributed by atoms with Crippen LogP contribution in [0.25, 0.3) is 0 Å². The summed E-state index contributed by atoms with van der Waals surface area (Å²) in [5, 5.41) is 12.3. The summed E-state index contributed by atoms with van der Waals surface area (Å²) in [6, 6.07) is 7.58. The van der Waals surface area contributed by atoms with Crippen LogP contribution in [0.1, 0.15) is 22.6 Å². The Bertz CT molecular complexity index is 765. The third-order valence-corrected chi connectivity index (χ3v) is 6.16. The van der Waals surface area contributed by atoms with Crippen molar-refractivity contribution in [2.24, 2.45) is 0 Å². The Morgan fingerprint density at radius 1 is 1.22 bits per heavy atom. The van der Waals surface area contributed by atoms with Gasteiger partial charge in [-0.2, -0.15) is 0 Å². The minimum atomic E-state index is -0.244. The zero-order valence-corrected chi connectivity index (χ0v) is 16.2. The molecule has 4 rings (SSSR count). The summed E-state index contributed by atoms with van der Waals surface area (Å²) in [4.78, 5) is 21.4. The van der Waals surface area contributed by atoms with Crippen molar-refractivity contribution < 1.29 is 14.6 Å². The zero-order valence-electron chi connectivity index (χ0n) is 15.3. The highest BCUT2D eigenvalue weighted by Crippen LogP contribution is 2.30. The summed E-state index contributed by atoms with van der Waals surface area (Å²) in [5.41, 5.74) is 1.60. The van der Waals surface area contributed by atoms with E-state index in [-0.39, 0.29) is 18.1 Å². The molecule has 2 saturated heterocycles. The maximum absolute atomic E-state index is 12.7. The Labute approximate surface area is 163 Å². The smallest absolute Gasteiger partial charge is 0.227 e. The van der Waals surface area contributed by atoms with E-state index in [2.05, 4.69) is 9.88 Å². The van der Waals surface area contributed by atoms with Crippen LogP contribution in [0.4, 0.5) is 0 Å². The van der Waals surface area contributed by atoms with Gasteiger partial charge in [0.25, 0.3) is 0 Å². The molecule has 1 aromatic carbocycles. The van der Waals surface area contributed by atoms with E-state index in [1.165, 1.54) is 0 Å². The number of morpholine rings is 1. The van der Waals surface area contributed by atoms with Crippen molar-refractivity contribution in [1.29, 1.82) is 0 Å². The Kier molecular flexibility index (Phi) is 5.54. The van der Waals surface area contributed by atoms with E-state index in [0.717, 1.165) is 48.7 Å². The van der Waals surface area contributed by atoms with Crippen LogP contribution >= 0.6 is 11.3 Å². The van der Waals surface area contributed by atoms with Crippen LogP contribution in [0.2, 0.25) is 0 Å². The van der Waals surface area contributed by atoms with Gasteiger partial charge in [0, 0.05) is 31.2 Å². The zero-order chi connectivity index (χ0) is 18.7. The van der Waals surface area contributed by atoms with Gasteiger partial charge >= 0.3 is 0 Å². The number of likely N-dealkylation sites (tertiary alicyclic amines) is 1. The van der Waals surface area contributed by atoms with Gasteiger partial charge in [-0.1, -0.05) is 24.3 Å². The summed E-state index contributed by atoms with van der Waals surface area (Å²) in [6.45, 7) is 4.75. The molecule has 6 nitrogen and oxygen atoms in total. The molecule has 1 atom stereocenters. The van der Waals surface area contributed by atoms with Gasteiger partial charge in [-0.25, -0.2) is 4.98 Å². The number of rotatable bonds is 5. The maximum atomic E-state index is 12.7. The predicted molar refractivity (Wildman–Crippen MR) is 103 cm³/mol. The van der Waals surface area contributed by atoms with Crippen molar-refractivity contribution in [2.75, 3.05) is 32.8 Å². The molecule has 1 aromatic heterocycles. The molecule has 1 amide bonds. The highest BCUT2D eigenvalue weighted by molar-refractivity contribution is 7.09. The first kappa shape index (κ1) is 18.6. The second-order valence-corrected chi connectivity index (χ2v) is 8.36. The first-order valence-electron chi connectivity index (χ1n) is 9.37. The molecule has 1 unspecified atom stereocenters. The van der Waals surface area contributed by atoms with Crippen LogP contribution in [0, 0.1) is 0 Å².